The van der Waals surface area contributed by atoms with Gasteiger partial charge in [-0.05, 0) is 77.0 Å². The van der Waals surface area contributed by atoms with Crippen LogP contribution in [0.1, 0.15) is 206 Å². The summed E-state index contributed by atoms with van der Waals surface area (Å²) in [4.78, 5) is 0. The molecule has 1 rings (SSSR count). The number of aromatic nitrogens is 2. The van der Waals surface area contributed by atoms with Gasteiger partial charge in [-0.15, -0.1) is 0 Å². The van der Waals surface area contributed by atoms with E-state index in [0.717, 1.165) is 0 Å². The Kier molecular flexibility index (Phi) is 28.7. The second-order valence-electron chi connectivity index (χ2n) is 13.3. The van der Waals surface area contributed by atoms with Gasteiger partial charge in [0, 0.05) is 0 Å². The van der Waals surface area contributed by atoms with Gasteiger partial charge >= 0.3 is 0 Å². The molecule has 0 radical (unpaired) electrons. The molecular formula is C40H75N2+. The highest BCUT2D eigenvalue weighted by atomic mass is 15.1. The molecule has 1 atom stereocenters. The summed E-state index contributed by atoms with van der Waals surface area (Å²) in [6, 6.07) is 0.690. The van der Waals surface area contributed by atoms with E-state index >= 15 is 0 Å². The second kappa shape index (κ2) is 31.1. The molecule has 0 N–H and O–H groups in total. The number of hydrogen-bond acceptors (Lipinski definition) is 0. The van der Waals surface area contributed by atoms with Crippen molar-refractivity contribution in [2.45, 2.75) is 206 Å². The Labute approximate surface area is 264 Å². The quantitative estimate of drug-likeness (QED) is 0.0453. The molecule has 0 bridgehead atoms. The van der Waals surface area contributed by atoms with E-state index < -0.39 is 0 Å². The molecule has 0 saturated carbocycles. The average Bonchev–Trinajstić information content (AvgIpc) is 3.43. The molecule has 1 unspecified atom stereocenters. The molecule has 0 aliphatic rings. The number of imidazole rings is 1. The van der Waals surface area contributed by atoms with Gasteiger partial charge in [-0.1, -0.05) is 147 Å². The molecule has 0 amide bonds. The molecule has 0 aliphatic heterocycles. The van der Waals surface area contributed by atoms with Gasteiger partial charge in [0.2, 0.25) is 6.33 Å². The zero-order valence-corrected chi connectivity index (χ0v) is 29.0. The lowest BCUT2D eigenvalue weighted by atomic mass is 9.99. The van der Waals surface area contributed by atoms with E-state index in [1.807, 2.05) is 0 Å². The molecule has 42 heavy (non-hydrogen) atoms. The van der Waals surface area contributed by atoms with Crippen LogP contribution in [0.2, 0.25) is 0 Å². The highest BCUT2D eigenvalue weighted by Crippen LogP contribution is 2.20. The SMILES string of the molecule is CCCCCCC/C=C\CCCCCCCCC(CCCCCCCC/C=C\CCCCCCCC)[n+]1ccn(C)c1. The van der Waals surface area contributed by atoms with E-state index in [9.17, 15) is 0 Å². The van der Waals surface area contributed by atoms with Crippen molar-refractivity contribution in [3.63, 3.8) is 0 Å². The van der Waals surface area contributed by atoms with Crippen molar-refractivity contribution in [3.05, 3.63) is 43.0 Å². The molecule has 0 aliphatic carbocycles. The lowest BCUT2D eigenvalue weighted by molar-refractivity contribution is -0.724. The predicted octanol–water partition coefficient (Wildman–Crippen LogP) is 13.3. The van der Waals surface area contributed by atoms with Crippen molar-refractivity contribution in [2.24, 2.45) is 7.05 Å². The average molecular weight is 584 g/mol. The zero-order chi connectivity index (χ0) is 30.2. The molecule has 0 fully saturated rings. The Balaban J connectivity index is 2.01. The van der Waals surface area contributed by atoms with Crippen LogP contribution in [0.4, 0.5) is 0 Å². The maximum atomic E-state index is 2.49. The molecule has 0 spiro atoms. The Hall–Kier alpha value is -1.31. The minimum Gasteiger partial charge on any atom is -0.240 e. The maximum Gasteiger partial charge on any atom is 0.243 e. The smallest absolute Gasteiger partial charge is 0.240 e. The molecule has 1 heterocycles. The van der Waals surface area contributed by atoms with E-state index in [1.54, 1.807) is 0 Å². The predicted molar refractivity (Wildman–Crippen MR) is 188 cm³/mol. The van der Waals surface area contributed by atoms with Crippen molar-refractivity contribution in [3.8, 4) is 0 Å². The first-order valence-corrected chi connectivity index (χ1v) is 19.1. The molecular weight excluding hydrogens is 508 g/mol. The van der Waals surface area contributed by atoms with Gasteiger partial charge in [0.1, 0.15) is 18.4 Å². The van der Waals surface area contributed by atoms with Crippen molar-refractivity contribution < 1.29 is 4.57 Å². The van der Waals surface area contributed by atoms with Crippen molar-refractivity contribution in [1.29, 1.82) is 0 Å². The van der Waals surface area contributed by atoms with Gasteiger partial charge in [-0.2, -0.15) is 0 Å². The summed E-state index contributed by atoms with van der Waals surface area (Å²) in [6.45, 7) is 4.59. The fourth-order valence-corrected chi connectivity index (χ4v) is 6.21. The first-order chi connectivity index (χ1) is 20.8. The van der Waals surface area contributed by atoms with Gasteiger partial charge in [0.25, 0.3) is 0 Å². The van der Waals surface area contributed by atoms with Crippen LogP contribution in [0.5, 0.6) is 0 Å². The van der Waals surface area contributed by atoms with Gasteiger partial charge in [0.15, 0.2) is 0 Å². The number of hydrogen-bond donors (Lipinski definition) is 0. The van der Waals surface area contributed by atoms with E-state index in [4.69, 9.17) is 0 Å². The Morgan fingerprint density at radius 1 is 0.476 bits per heavy atom. The highest BCUT2D eigenvalue weighted by Gasteiger charge is 2.15. The van der Waals surface area contributed by atoms with Crippen LogP contribution < -0.4 is 4.57 Å². The molecule has 2 nitrogen and oxygen atoms in total. The summed E-state index contributed by atoms with van der Waals surface area (Å²) in [7, 11) is 2.15. The van der Waals surface area contributed by atoms with Gasteiger partial charge in [-0.25, -0.2) is 9.13 Å². The third-order valence-electron chi connectivity index (χ3n) is 9.06. The second-order valence-corrected chi connectivity index (χ2v) is 13.3. The fourth-order valence-electron chi connectivity index (χ4n) is 6.21. The fraction of sp³-hybridized carbons (Fsp3) is 0.825. The Morgan fingerprint density at radius 2 is 0.810 bits per heavy atom. The highest BCUT2D eigenvalue weighted by molar-refractivity contribution is 4.82. The van der Waals surface area contributed by atoms with E-state index in [2.05, 4.69) is 73.1 Å². The van der Waals surface area contributed by atoms with E-state index in [1.165, 1.54) is 186 Å². The first-order valence-electron chi connectivity index (χ1n) is 19.1. The third-order valence-corrected chi connectivity index (χ3v) is 9.06. The summed E-state index contributed by atoms with van der Waals surface area (Å²) in [5.41, 5.74) is 0. The molecule has 1 aromatic heterocycles. The van der Waals surface area contributed by atoms with Crippen LogP contribution in [0, 0.1) is 0 Å². The lowest BCUT2D eigenvalue weighted by Gasteiger charge is -2.14. The monoisotopic (exact) mass is 584 g/mol. The van der Waals surface area contributed by atoms with Crippen molar-refractivity contribution in [1.82, 2.24) is 4.57 Å². The minimum atomic E-state index is 0.690. The van der Waals surface area contributed by atoms with E-state index in [0.29, 0.717) is 6.04 Å². The van der Waals surface area contributed by atoms with Crippen LogP contribution in [0.3, 0.4) is 0 Å². The standard InChI is InChI=1S/C40H75N2/c1-4-6-8-10-12-14-16-18-20-22-24-26-28-30-32-34-36-40(42-38-37-41(3)39-42)35-33-31-29-27-25-23-21-19-17-15-13-11-9-7-5-2/h17-20,37-40H,4-16,21-36H2,1-3H3/q+1/b19-17-,20-18-. The summed E-state index contributed by atoms with van der Waals surface area (Å²) in [5, 5.41) is 0. The van der Waals surface area contributed by atoms with Crippen LogP contribution in [0.25, 0.3) is 0 Å². The van der Waals surface area contributed by atoms with Gasteiger partial charge in [0.05, 0.1) is 7.05 Å². The van der Waals surface area contributed by atoms with Crippen molar-refractivity contribution in [2.75, 3.05) is 0 Å². The normalized spacial score (nSPS) is 12.7. The molecule has 244 valence electrons. The first kappa shape index (κ1) is 38.7. The topological polar surface area (TPSA) is 8.81 Å². The Bertz CT molecular complexity index is 715. The minimum absolute atomic E-state index is 0.690. The number of aryl methyl sites for hydroxylation is 1. The summed E-state index contributed by atoms with van der Waals surface area (Å²) < 4.78 is 4.70. The summed E-state index contributed by atoms with van der Waals surface area (Å²) in [6.07, 6.45) is 56.7. The number of nitrogens with zero attached hydrogens (tertiary/aromatic N) is 2. The van der Waals surface area contributed by atoms with E-state index in [-0.39, 0.29) is 0 Å². The molecule has 0 saturated heterocycles. The van der Waals surface area contributed by atoms with Crippen molar-refractivity contribution >= 4 is 0 Å². The van der Waals surface area contributed by atoms with Crippen LogP contribution in [0.15, 0.2) is 43.0 Å². The number of allylic oxidation sites excluding steroid dienone is 4. The third kappa shape index (κ3) is 25.2. The molecule has 1 aromatic rings. The zero-order valence-electron chi connectivity index (χ0n) is 29.0. The van der Waals surface area contributed by atoms with Crippen LogP contribution >= 0.6 is 0 Å². The van der Waals surface area contributed by atoms with Crippen LogP contribution in [-0.4, -0.2) is 4.57 Å². The van der Waals surface area contributed by atoms with Gasteiger partial charge < -0.3 is 0 Å². The number of unbranched alkanes of at least 4 members (excludes halogenated alkanes) is 23. The number of rotatable bonds is 32. The molecule has 0 aromatic carbocycles. The maximum absolute atomic E-state index is 2.49. The largest absolute Gasteiger partial charge is 0.243 e. The van der Waals surface area contributed by atoms with Gasteiger partial charge in [-0.3, -0.25) is 0 Å². The molecule has 2 heteroatoms. The van der Waals surface area contributed by atoms with Crippen LogP contribution in [-0.2, 0) is 7.05 Å². The Morgan fingerprint density at radius 3 is 1.14 bits per heavy atom. The lowest BCUT2D eigenvalue weighted by Crippen LogP contribution is -2.37. The summed E-state index contributed by atoms with van der Waals surface area (Å²) >= 11 is 0. The summed E-state index contributed by atoms with van der Waals surface area (Å²) in [5.74, 6) is 0.